The van der Waals surface area contributed by atoms with Crippen LogP contribution in [0.15, 0.2) is 59.5 Å². The lowest BCUT2D eigenvalue weighted by atomic mass is 10.1. The number of benzene rings is 3. The van der Waals surface area contributed by atoms with Gasteiger partial charge < -0.3 is 15.9 Å². The molecule has 1 aromatic heterocycles. The van der Waals surface area contributed by atoms with E-state index in [2.05, 4.69) is 20.2 Å². The van der Waals surface area contributed by atoms with Crippen LogP contribution in [0.2, 0.25) is 5.02 Å². The molecule has 3 N–H and O–H groups in total. The van der Waals surface area contributed by atoms with E-state index in [1.165, 1.54) is 12.1 Å². The molecule has 0 saturated heterocycles. The molecule has 0 spiro atoms. The van der Waals surface area contributed by atoms with Gasteiger partial charge in [0.2, 0.25) is 18.4 Å². The Kier molecular flexibility index (Phi) is 5.41. The maximum Gasteiger partial charge on any atom is 0.287 e. The second-order valence-corrected chi connectivity index (χ2v) is 8.78. The van der Waals surface area contributed by atoms with Crippen LogP contribution in [0.5, 0.6) is 0 Å². The van der Waals surface area contributed by atoms with Gasteiger partial charge in [0.05, 0.1) is 16.1 Å². The molecular weight excluding hydrogens is 450 g/mol. The summed E-state index contributed by atoms with van der Waals surface area (Å²) in [6, 6.07) is 16.9. The zero-order valence-corrected chi connectivity index (χ0v) is 17.9. The number of nitrogens with zero attached hydrogens (tertiary/aromatic N) is 5. The van der Waals surface area contributed by atoms with Crippen molar-refractivity contribution in [2.24, 2.45) is 0 Å². The van der Waals surface area contributed by atoms with E-state index in [1.807, 2.05) is 6.07 Å². The van der Waals surface area contributed by atoms with E-state index in [1.54, 1.807) is 42.5 Å². The van der Waals surface area contributed by atoms with Crippen LogP contribution in [0, 0.1) is 17.9 Å². The zero-order chi connectivity index (χ0) is 22.9. The fourth-order valence-corrected chi connectivity index (χ4v) is 5.04. The van der Waals surface area contributed by atoms with Crippen molar-refractivity contribution in [1.29, 1.82) is 5.26 Å². The molecule has 0 aliphatic heterocycles. The number of nitrogen functional groups attached to an aromatic ring is 1. The van der Waals surface area contributed by atoms with Crippen molar-refractivity contribution in [2.45, 2.75) is 11.4 Å². The van der Waals surface area contributed by atoms with E-state index in [-0.39, 0.29) is 28.4 Å². The maximum atomic E-state index is 13.6. The largest absolute Gasteiger partial charge is 0.367 e. The van der Waals surface area contributed by atoms with Crippen LogP contribution in [0.25, 0.3) is 15.6 Å². The maximum absolute atomic E-state index is 13.6. The van der Waals surface area contributed by atoms with E-state index in [0.29, 0.717) is 31.7 Å². The summed E-state index contributed by atoms with van der Waals surface area (Å²) >= 11 is 6.03. The minimum atomic E-state index is -4.27. The Hall–Kier alpha value is -4.12. The number of nitrogens with two attached hydrogens (primary N) is 1. The Bertz CT molecular complexity index is 1550. The Morgan fingerprint density at radius 3 is 2.72 bits per heavy atom. The van der Waals surface area contributed by atoms with Crippen LogP contribution in [0.4, 0.5) is 17.6 Å². The fourth-order valence-electron chi connectivity index (χ4n) is 3.24. The van der Waals surface area contributed by atoms with Crippen molar-refractivity contribution in [2.75, 3.05) is 11.1 Å². The summed E-state index contributed by atoms with van der Waals surface area (Å²) in [5.41, 5.74) is 6.98. The molecule has 32 heavy (non-hydrogen) atoms. The summed E-state index contributed by atoms with van der Waals surface area (Å²) in [7, 11) is -4.27. The summed E-state index contributed by atoms with van der Waals surface area (Å²) in [5, 5.41) is 17.2. The SMILES string of the molecule is [C-]#[N+]Cc1ccc2ccccc2c1S(=O)(=O)n1nc(Nc2ccc(C#N)c(Cl)c2)nc1N. The number of rotatable bonds is 5. The molecule has 0 atom stereocenters. The number of halogens is 1. The Balaban J connectivity index is 1.81. The number of hydrogen-bond donors (Lipinski definition) is 2. The van der Waals surface area contributed by atoms with Gasteiger partial charge in [0.15, 0.2) is 0 Å². The molecule has 4 aromatic rings. The minimum absolute atomic E-state index is 0.0452. The molecular formula is C21H14ClN7O2S. The van der Waals surface area contributed by atoms with E-state index >= 15 is 0 Å². The first kappa shape index (κ1) is 21.1. The molecule has 0 radical (unpaired) electrons. The highest BCUT2D eigenvalue weighted by molar-refractivity contribution is 7.90. The van der Waals surface area contributed by atoms with E-state index in [4.69, 9.17) is 29.2 Å². The average Bonchev–Trinajstić information content (AvgIpc) is 3.14. The molecule has 0 saturated carbocycles. The van der Waals surface area contributed by atoms with Crippen molar-refractivity contribution >= 4 is 50.0 Å². The van der Waals surface area contributed by atoms with Gasteiger partial charge in [0.25, 0.3) is 10.0 Å². The summed E-state index contributed by atoms with van der Waals surface area (Å²) in [4.78, 5) is 7.30. The Morgan fingerprint density at radius 2 is 2.00 bits per heavy atom. The first-order valence-corrected chi connectivity index (χ1v) is 11.0. The Morgan fingerprint density at radius 1 is 1.22 bits per heavy atom. The van der Waals surface area contributed by atoms with Gasteiger partial charge in [-0.15, -0.1) is 9.19 Å². The molecule has 0 bridgehead atoms. The zero-order valence-electron chi connectivity index (χ0n) is 16.3. The molecule has 0 unspecified atom stereocenters. The van der Waals surface area contributed by atoms with Gasteiger partial charge in [-0.05, 0) is 29.7 Å². The minimum Gasteiger partial charge on any atom is -0.367 e. The smallest absolute Gasteiger partial charge is 0.287 e. The Labute approximate surface area is 188 Å². The van der Waals surface area contributed by atoms with E-state index in [9.17, 15) is 8.42 Å². The summed E-state index contributed by atoms with van der Waals surface area (Å²) in [6.07, 6.45) is 0. The number of nitriles is 1. The van der Waals surface area contributed by atoms with Gasteiger partial charge >= 0.3 is 0 Å². The van der Waals surface area contributed by atoms with Crippen LogP contribution in [0.3, 0.4) is 0 Å². The first-order valence-electron chi connectivity index (χ1n) is 9.14. The van der Waals surface area contributed by atoms with Crippen LogP contribution >= 0.6 is 11.6 Å². The quantitative estimate of drug-likeness (QED) is 0.428. The van der Waals surface area contributed by atoms with Crippen molar-refractivity contribution in [3.8, 4) is 6.07 Å². The third-order valence-corrected chi connectivity index (χ3v) is 6.68. The standard InChI is InChI=1S/C21H14ClN7O2S/c1-25-12-15-7-6-13-4-2-3-5-17(13)19(15)32(30,31)29-20(24)27-21(28-29)26-16-9-8-14(11-23)18(22)10-16/h2-10H,12H2,(H3,24,26,27,28). The molecule has 4 rings (SSSR count). The van der Waals surface area contributed by atoms with Crippen LogP contribution in [0.1, 0.15) is 11.1 Å². The van der Waals surface area contributed by atoms with Gasteiger partial charge in [-0.25, -0.2) is 6.57 Å². The summed E-state index contributed by atoms with van der Waals surface area (Å²) in [6.45, 7) is 7.08. The highest BCUT2D eigenvalue weighted by atomic mass is 35.5. The van der Waals surface area contributed by atoms with Crippen LogP contribution in [-0.4, -0.2) is 22.6 Å². The normalized spacial score (nSPS) is 11.1. The van der Waals surface area contributed by atoms with Gasteiger partial charge in [-0.2, -0.15) is 18.7 Å². The van der Waals surface area contributed by atoms with Crippen LogP contribution < -0.4 is 11.1 Å². The topological polar surface area (TPSA) is 131 Å². The predicted octanol–water partition coefficient (Wildman–Crippen LogP) is 3.94. The molecule has 0 aliphatic carbocycles. The number of fused-ring (bicyclic) bond motifs is 1. The average molecular weight is 464 g/mol. The summed E-state index contributed by atoms with van der Waals surface area (Å²) in [5.74, 6) is -0.423. The highest BCUT2D eigenvalue weighted by Gasteiger charge is 2.28. The van der Waals surface area contributed by atoms with Crippen molar-refractivity contribution in [3.63, 3.8) is 0 Å². The van der Waals surface area contributed by atoms with E-state index in [0.717, 1.165) is 0 Å². The molecule has 3 aromatic carbocycles. The number of hydrogen-bond acceptors (Lipinski definition) is 7. The fraction of sp³-hybridized carbons (Fsp3) is 0.0476. The summed E-state index contributed by atoms with van der Waals surface area (Å²) < 4.78 is 27.8. The lowest BCUT2D eigenvalue weighted by molar-refractivity contribution is 0.581. The van der Waals surface area contributed by atoms with Gasteiger partial charge in [-0.3, -0.25) is 0 Å². The molecule has 158 valence electrons. The second-order valence-electron chi connectivity index (χ2n) is 6.66. The third kappa shape index (κ3) is 3.69. The molecule has 0 fully saturated rings. The molecule has 11 heteroatoms. The molecule has 0 amide bonds. The molecule has 1 heterocycles. The van der Waals surface area contributed by atoms with Crippen molar-refractivity contribution in [1.82, 2.24) is 14.2 Å². The lowest BCUT2D eigenvalue weighted by Crippen LogP contribution is -2.19. The van der Waals surface area contributed by atoms with Gasteiger partial charge in [0, 0.05) is 11.1 Å². The molecule has 9 nitrogen and oxygen atoms in total. The van der Waals surface area contributed by atoms with Gasteiger partial charge in [-0.1, -0.05) is 41.9 Å². The van der Waals surface area contributed by atoms with Gasteiger partial charge in [0.1, 0.15) is 11.0 Å². The first-order chi connectivity index (χ1) is 15.3. The van der Waals surface area contributed by atoms with Crippen molar-refractivity contribution < 1.29 is 8.42 Å². The lowest BCUT2D eigenvalue weighted by Gasteiger charge is -2.11. The van der Waals surface area contributed by atoms with E-state index < -0.39 is 10.0 Å². The number of aromatic nitrogens is 3. The van der Waals surface area contributed by atoms with Crippen molar-refractivity contribution in [3.05, 3.63) is 82.2 Å². The monoisotopic (exact) mass is 463 g/mol. The second kappa shape index (κ2) is 8.19. The third-order valence-electron chi connectivity index (χ3n) is 4.64. The molecule has 0 aliphatic rings. The van der Waals surface area contributed by atoms with Crippen LogP contribution in [-0.2, 0) is 16.6 Å². The highest BCUT2D eigenvalue weighted by Crippen LogP contribution is 2.30. The number of anilines is 3. The predicted molar refractivity (Wildman–Crippen MR) is 121 cm³/mol. The number of nitrogens with one attached hydrogen (secondary N) is 1.